The van der Waals surface area contributed by atoms with Crippen LogP contribution in [0.3, 0.4) is 0 Å². The maximum absolute atomic E-state index is 10.8. The molecule has 0 aliphatic heterocycles. The predicted octanol–water partition coefficient (Wildman–Crippen LogP) is 3.57. The third-order valence-electron chi connectivity index (χ3n) is 2.35. The van der Waals surface area contributed by atoms with Crippen LogP contribution in [0.2, 0.25) is 0 Å². The topological polar surface area (TPSA) is 56.0 Å². The van der Waals surface area contributed by atoms with Crippen LogP contribution >= 0.6 is 22.9 Å². The molecular formula is C11H9ClN2O2S. The van der Waals surface area contributed by atoms with E-state index in [-0.39, 0.29) is 16.0 Å². The van der Waals surface area contributed by atoms with E-state index in [1.807, 2.05) is 0 Å². The number of benzene rings is 1. The summed E-state index contributed by atoms with van der Waals surface area (Å²) < 4.78 is 0. The Balaban J connectivity index is 2.21. The first-order chi connectivity index (χ1) is 8.18. The molecule has 0 fully saturated rings. The van der Waals surface area contributed by atoms with Gasteiger partial charge in [0, 0.05) is 29.1 Å². The quantitative estimate of drug-likeness (QED) is 0.484. The predicted molar refractivity (Wildman–Crippen MR) is 67.5 cm³/mol. The number of alkyl halides is 1. The van der Waals surface area contributed by atoms with E-state index in [4.69, 9.17) is 11.6 Å². The molecule has 88 valence electrons. The van der Waals surface area contributed by atoms with Crippen LogP contribution in [0.5, 0.6) is 0 Å². The van der Waals surface area contributed by atoms with Crippen molar-refractivity contribution in [2.24, 2.45) is 0 Å². The lowest BCUT2D eigenvalue weighted by molar-refractivity contribution is -0.385. The molecule has 2 rings (SSSR count). The van der Waals surface area contributed by atoms with Crippen LogP contribution in [0, 0.1) is 10.1 Å². The van der Waals surface area contributed by atoms with Crippen LogP contribution in [0.1, 0.15) is 15.8 Å². The van der Waals surface area contributed by atoms with Crippen molar-refractivity contribution in [2.45, 2.75) is 11.8 Å². The Bertz CT molecular complexity index is 516. The Labute approximate surface area is 107 Å². The molecule has 2 aromatic rings. The van der Waals surface area contributed by atoms with Gasteiger partial charge in [-0.2, -0.15) is 0 Å². The Kier molecular flexibility index (Phi) is 3.71. The number of hydrogen-bond acceptors (Lipinski definition) is 4. The van der Waals surface area contributed by atoms with Gasteiger partial charge in [-0.05, 0) is 0 Å². The van der Waals surface area contributed by atoms with Gasteiger partial charge in [0.25, 0.3) is 5.69 Å². The summed E-state index contributed by atoms with van der Waals surface area (Å²) in [5.74, 6) is 0. The fraction of sp³-hybridized carbons (Fsp3) is 0.182. The zero-order chi connectivity index (χ0) is 12.3. The van der Waals surface area contributed by atoms with Crippen molar-refractivity contribution < 1.29 is 4.92 Å². The number of nitro benzene ring substituents is 1. The van der Waals surface area contributed by atoms with Crippen LogP contribution in [-0.4, -0.2) is 9.91 Å². The molecular weight excluding hydrogens is 260 g/mol. The first-order valence-corrected chi connectivity index (χ1v) is 6.25. The number of halogens is 1. The molecule has 0 radical (unpaired) electrons. The van der Waals surface area contributed by atoms with E-state index in [1.54, 1.807) is 29.9 Å². The maximum atomic E-state index is 10.8. The third kappa shape index (κ3) is 2.81. The Hall–Kier alpha value is -1.46. The summed E-state index contributed by atoms with van der Waals surface area (Å²) in [6.45, 7) is 0. The van der Waals surface area contributed by atoms with E-state index in [9.17, 15) is 10.1 Å². The molecule has 0 aliphatic carbocycles. The number of hydrogen-bond donors (Lipinski definition) is 0. The molecule has 0 saturated heterocycles. The zero-order valence-corrected chi connectivity index (χ0v) is 10.3. The first kappa shape index (κ1) is 12.0. The fourth-order valence-electron chi connectivity index (χ4n) is 1.54. The van der Waals surface area contributed by atoms with E-state index in [0.29, 0.717) is 12.0 Å². The lowest BCUT2D eigenvalue weighted by atomic mass is 10.1. The van der Waals surface area contributed by atoms with Crippen molar-refractivity contribution in [2.75, 3.05) is 0 Å². The summed E-state index contributed by atoms with van der Waals surface area (Å²) in [6.07, 6.45) is 2.12. The van der Waals surface area contributed by atoms with E-state index in [1.165, 1.54) is 17.4 Å². The molecule has 1 aromatic carbocycles. The van der Waals surface area contributed by atoms with E-state index in [2.05, 4.69) is 4.98 Å². The lowest BCUT2D eigenvalue weighted by Gasteiger charge is -2.07. The van der Waals surface area contributed by atoms with Gasteiger partial charge in [-0.1, -0.05) is 18.2 Å². The first-order valence-electron chi connectivity index (χ1n) is 4.93. The largest absolute Gasteiger partial charge is 0.272 e. The average molecular weight is 269 g/mol. The number of thiazole rings is 1. The van der Waals surface area contributed by atoms with Gasteiger partial charge >= 0.3 is 0 Å². The minimum Gasteiger partial charge on any atom is -0.258 e. The van der Waals surface area contributed by atoms with Crippen LogP contribution in [0.15, 0.2) is 36.0 Å². The number of para-hydroxylation sites is 1. The van der Waals surface area contributed by atoms with Gasteiger partial charge in [-0.25, -0.2) is 0 Å². The summed E-state index contributed by atoms with van der Waals surface area (Å²) in [7, 11) is 0. The van der Waals surface area contributed by atoms with Crippen LogP contribution in [0.25, 0.3) is 0 Å². The van der Waals surface area contributed by atoms with Gasteiger partial charge in [0.05, 0.1) is 15.8 Å². The third-order valence-corrected chi connectivity index (χ3v) is 3.76. The second-order valence-corrected chi connectivity index (χ2v) is 4.91. The average Bonchev–Trinajstić information content (AvgIpc) is 2.83. The molecule has 0 N–H and O–H groups in total. The fourth-order valence-corrected chi connectivity index (χ4v) is 2.51. The van der Waals surface area contributed by atoms with Gasteiger partial charge in [0.15, 0.2) is 0 Å². The summed E-state index contributed by atoms with van der Waals surface area (Å²) in [4.78, 5) is 15.3. The summed E-state index contributed by atoms with van der Waals surface area (Å²) >= 11 is 7.66. The highest BCUT2D eigenvalue weighted by molar-refractivity contribution is 7.09. The minimum absolute atomic E-state index is 0.114. The molecule has 1 aromatic heterocycles. The van der Waals surface area contributed by atoms with Crippen molar-refractivity contribution >= 4 is 28.6 Å². The Morgan fingerprint density at radius 1 is 1.47 bits per heavy atom. The molecule has 0 saturated carbocycles. The number of nitrogens with zero attached hydrogens (tertiary/aromatic N) is 2. The Morgan fingerprint density at radius 3 is 2.88 bits per heavy atom. The highest BCUT2D eigenvalue weighted by atomic mass is 35.5. The molecule has 0 bridgehead atoms. The molecule has 1 atom stereocenters. The molecule has 6 heteroatoms. The smallest absolute Gasteiger partial charge is 0.258 e. The number of nitro groups is 1. The summed E-state index contributed by atoms with van der Waals surface area (Å²) in [6, 6.07) is 6.65. The highest BCUT2D eigenvalue weighted by Crippen LogP contribution is 2.30. The zero-order valence-electron chi connectivity index (χ0n) is 8.75. The standard InChI is InChI=1S/C11H9ClN2O2S/c12-9(11-6-13-7-17-11)5-8-3-1-2-4-10(8)14(15)16/h1-4,6-7,9H,5H2. The van der Waals surface area contributed by atoms with Crippen molar-refractivity contribution in [1.82, 2.24) is 4.98 Å². The second kappa shape index (κ2) is 5.25. The minimum atomic E-state index is -0.383. The maximum Gasteiger partial charge on any atom is 0.272 e. The monoisotopic (exact) mass is 268 g/mol. The lowest BCUT2D eigenvalue weighted by Crippen LogP contribution is -1.99. The van der Waals surface area contributed by atoms with Crippen LogP contribution < -0.4 is 0 Å². The molecule has 0 spiro atoms. The molecule has 1 unspecified atom stereocenters. The van der Waals surface area contributed by atoms with Crippen LogP contribution in [0.4, 0.5) is 5.69 Å². The van der Waals surface area contributed by atoms with Crippen molar-refractivity contribution in [3.05, 3.63) is 56.5 Å². The molecule has 17 heavy (non-hydrogen) atoms. The summed E-state index contributed by atoms with van der Waals surface area (Å²) in [5.41, 5.74) is 2.46. The molecule has 0 aliphatic rings. The van der Waals surface area contributed by atoms with Crippen molar-refractivity contribution in [3.63, 3.8) is 0 Å². The van der Waals surface area contributed by atoms with E-state index in [0.717, 1.165) is 4.88 Å². The van der Waals surface area contributed by atoms with Gasteiger partial charge in [0.2, 0.25) is 0 Å². The van der Waals surface area contributed by atoms with Gasteiger partial charge in [-0.3, -0.25) is 15.1 Å². The van der Waals surface area contributed by atoms with Crippen molar-refractivity contribution in [3.8, 4) is 0 Å². The van der Waals surface area contributed by atoms with E-state index >= 15 is 0 Å². The second-order valence-electron chi connectivity index (χ2n) is 3.46. The van der Waals surface area contributed by atoms with Gasteiger partial charge < -0.3 is 0 Å². The van der Waals surface area contributed by atoms with E-state index < -0.39 is 0 Å². The summed E-state index contributed by atoms with van der Waals surface area (Å²) in [5, 5.41) is 10.6. The van der Waals surface area contributed by atoms with Crippen molar-refractivity contribution in [1.29, 1.82) is 0 Å². The highest BCUT2D eigenvalue weighted by Gasteiger charge is 2.17. The SMILES string of the molecule is O=[N+]([O-])c1ccccc1CC(Cl)c1cncs1. The normalized spacial score (nSPS) is 12.3. The number of aromatic nitrogens is 1. The van der Waals surface area contributed by atoms with Gasteiger partial charge in [0.1, 0.15) is 0 Å². The molecule has 1 heterocycles. The van der Waals surface area contributed by atoms with Crippen LogP contribution in [-0.2, 0) is 6.42 Å². The van der Waals surface area contributed by atoms with Gasteiger partial charge in [-0.15, -0.1) is 22.9 Å². The Morgan fingerprint density at radius 2 is 2.24 bits per heavy atom. The molecule has 4 nitrogen and oxygen atoms in total. The molecule has 0 amide bonds. The number of rotatable bonds is 4.